The molecule has 1 atom stereocenters. The number of amides is 2. The number of primary amides is 1. The van der Waals surface area contributed by atoms with Gasteiger partial charge in [0.15, 0.2) is 0 Å². The maximum atomic E-state index is 12.7. The number of nitrogens with zero attached hydrogens (tertiary/aromatic N) is 4. The third-order valence-electron chi connectivity index (χ3n) is 4.65. The Balaban J connectivity index is 1.65. The normalized spacial score (nSPS) is 18.3. The minimum atomic E-state index is -0.619. The second-order valence-electron chi connectivity index (χ2n) is 6.29. The summed E-state index contributed by atoms with van der Waals surface area (Å²) in [7, 11) is 1.71. The molecule has 1 saturated heterocycles. The number of carbonyl (C=O) groups excluding carboxylic acids is 2. The van der Waals surface area contributed by atoms with E-state index in [4.69, 9.17) is 5.73 Å². The molecule has 0 spiro atoms. The predicted octanol–water partition coefficient (Wildman–Crippen LogP) is 0.275. The molecule has 7 heteroatoms. The van der Waals surface area contributed by atoms with Gasteiger partial charge >= 0.3 is 0 Å². The van der Waals surface area contributed by atoms with E-state index in [9.17, 15) is 9.59 Å². The van der Waals surface area contributed by atoms with Gasteiger partial charge in [-0.25, -0.2) is 0 Å². The molecule has 7 nitrogen and oxygen atoms in total. The highest BCUT2D eigenvalue weighted by Crippen LogP contribution is 2.15. The van der Waals surface area contributed by atoms with E-state index in [-0.39, 0.29) is 5.91 Å². The van der Waals surface area contributed by atoms with Gasteiger partial charge in [0, 0.05) is 39.4 Å². The van der Waals surface area contributed by atoms with Crippen LogP contribution >= 0.6 is 0 Å². The van der Waals surface area contributed by atoms with Gasteiger partial charge < -0.3 is 10.6 Å². The zero-order valence-corrected chi connectivity index (χ0v) is 14.3. The fourth-order valence-corrected chi connectivity index (χ4v) is 3.19. The average Bonchev–Trinajstić information content (AvgIpc) is 3.06. The number of piperazine rings is 1. The standard InChI is InChI=1S/C18H23N5O2/c1-21-15(7-9-20-21)18(25)23-12-11-22(13-16(23)17(19)24)10-8-14-5-3-2-4-6-14/h2-7,9,16H,8,10-13H2,1H3,(H2,19,24). The van der Waals surface area contributed by atoms with Crippen LogP contribution in [0.4, 0.5) is 0 Å². The SMILES string of the molecule is Cn1nccc1C(=O)N1CCN(CCc2ccccc2)CC1C(N)=O. The molecule has 0 aliphatic carbocycles. The summed E-state index contributed by atoms with van der Waals surface area (Å²) in [5, 5.41) is 4.02. The second kappa shape index (κ2) is 7.48. The van der Waals surface area contributed by atoms with Crippen molar-refractivity contribution in [3.63, 3.8) is 0 Å². The average molecular weight is 341 g/mol. The molecule has 132 valence electrons. The molecule has 1 aliphatic heterocycles. The fraction of sp³-hybridized carbons (Fsp3) is 0.389. The fourth-order valence-electron chi connectivity index (χ4n) is 3.19. The maximum Gasteiger partial charge on any atom is 0.272 e. The Hall–Kier alpha value is -2.67. The van der Waals surface area contributed by atoms with Crippen LogP contribution in [0.5, 0.6) is 0 Å². The lowest BCUT2D eigenvalue weighted by Crippen LogP contribution is -2.60. The first-order valence-electron chi connectivity index (χ1n) is 8.41. The van der Waals surface area contributed by atoms with E-state index >= 15 is 0 Å². The maximum absolute atomic E-state index is 12.7. The van der Waals surface area contributed by atoms with Gasteiger partial charge in [0.25, 0.3) is 5.91 Å². The molecule has 3 rings (SSSR count). The van der Waals surface area contributed by atoms with Crippen LogP contribution in [0, 0.1) is 0 Å². The van der Waals surface area contributed by atoms with Crippen molar-refractivity contribution in [2.75, 3.05) is 26.2 Å². The third kappa shape index (κ3) is 3.88. The molecule has 1 aromatic heterocycles. The van der Waals surface area contributed by atoms with Crippen LogP contribution in [0.2, 0.25) is 0 Å². The zero-order chi connectivity index (χ0) is 17.8. The van der Waals surface area contributed by atoms with Crippen molar-refractivity contribution in [3.05, 3.63) is 53.9 Å². The number of nitrogens with two attached hydrogens (primary N) is 1. The van der Waals surface area contributed by atoms with E-state index in [0.29, 0.717) is 18.8 Å². The topological polar surface area (TPSA) is 84.5 Å². The van der Waals surface area contributed by atoms with Crippen molar-refractivity contribution in [2.24, 2.45) is 12.8 Å². The molecule has 25 heavy (non-hydrogen) atoms. The third-order valence-corrected chi connectivity index (χ3v) is 4.65. The van der Waals surface area contributed by atoms with Gasteiger partial charge in [0.2, 0.25) is 5.91 Å². The van der Waals surface area contributed by atoms with Crippen LogP contribution < -0.4 is 5.73 Å². The summed E-state index contributed by atoms with van der Waals surface area (Å²) in [6.07, 6.45) is 2.48. The van der Waals surface area contributed by atoms with E-state index in [2.05, 4.69) is 22.1 Å². The lowest BCUT2D eigenvalue weighted by atomic mass is 10.1. The summed E-state index contributed by atoms with van der Waals surface area (Å²) >= 11 is 0. The first-order chi connectivity index (χ1) is 12.1. The summed E-state index contributed by atoms with van der Waals surface area (Å²) in [5.41, 5.74) is 7.29. The van der Waals surface area contributed by atoms with Crippen LogP contribution in [0.1, 0.15) is 16.1 Å². The molecule has 1 unspecified atom stereocenters. The Morgan fingerprint density at radius 1 is 1.20 bits per heavy atom. The van der Waals surface area contributed by atoms with Crippen molar-refractivity contribution in [1.82, 2.24) is 19.6 Å². The lowest BCUT2D eigenvalue weighted by molar-refractivity contribution is -0.124. The highest BCUT2D eigenvalue weighted by molar-refractivity contribution is 5.96. The quantitative estimate of drug-likeness (QED) is 0.846. The van der Waals surface area contributed by atoms with Crippen LogP contribution in [0.15, 0.2) is 42.6 Å². The Morgan fingerprint density at radius 2 is 1.96 bits per heavy atom. The van der Waals surface area contributed by atoms with Gasteiger partial charge in [-0.3, -0.25) is 19.2 Å². The number of hydrogen-bond donors (Lipinski definition) is 1. The van der Waals surface area contributed by atoms with Gasteiger partial charge in [0.05, 0.1) is 0 Å². The van der Waals surface area contributed by atoms with Gasteiger partial charge in [-0.15, -0.1) is 0 Å². The number of hydrogen-bond acceptors (Lipinski definition) is 4. The van der Waals surface area contributed by atoms with E-state index in [1.54, 1.807) is 24.2 Å². The van der Waals surface area contributed by atoms with Crippen LogP contribution in [-0.2, 0) is 18.3 Å². The summed E-state index contributed by atoms with van der Waals surface area (Å²) in [6.45, 7) is 2.50. The largest absolute Gasteiger partial charge is 0.368 e. The van der Waals surface area contributed by atoms with Gasteiger partial charge in [0.1, 0.15) is 11.7 Å². The highest BCUT2D eigenvalue weighted by atomic mass is 16.2. The molecule has 0 saturated carbocycles. The summed E-state index contributed by atoms with van der Waals surface area (Å²) < 4.78 is 1.52. The molecular weight excluding hydrogens is 318 g/mol. The molecule has 0 radical (unpaired) electrons. The highest BCUT2D eigenvalue weighted by Gasteiger charge is 2.35. The molecule has 2 aromatic rings. The zero-order valence-electron chi connectivity index (χ0n) is 14.3. The Morgan fingerprint density at radius 3 is 2.60 bits per heavy atom. The van der Waals surface area contributed by atoms with Gasteiger partial charge in [-0.1, -0.05) is 30.3 Å². The van der Waals surface area contributed by atoms with Gasteiger partial charge in [-0.2, -0.15) is 5.10 Å². The van der Waals surface area contributed by atoms with E-state index in [0.717, 1.165) is 19.5 Å². The first kappa shape index (κ1) is 17.2. The summed E-state index contributed by atoms with van der Waals surface area (Å²) in [4.78, 5) is 28.4. The van der Waals surface area contributed by atoms with Crippen molar-refractivity contribution in [1.29, 1.82) is 0 Å². The molecule has 1 aliphatic rings. The number of carbonyl (C=O) groups is 2. The second-order valence-corrected chi connectivity index (χ2v) is 6.29. The van der Waals surface area contributed by atoms with Crippen LogP contribution in [0.3, 0.4) is 0 Å². The van der Waals surface area contributed by atoms with Crippen molar-refractivity contribution in [3.8, 4) is 0 Å². The molecular formula is C18H23N5O2. The minimum Gasteiger partial charge on any atom is -0.368 e. The van der Waals surface area contributed by atoms with E-state index < -0.39 is 11.9 Å². The number of aryl methyl sites for hydroxylation is 1. The Kier molecular flexibility index (Phi) is 5.14. The molecule has 1 fully saturated rings. The number of rotatable bonds is 5. The lowest BCUT2D eigenvalue weighted by Gasteiger charge is -2.39. The monoisotopic (exact) mass is 341 g/mol. The molecule has 1 aromatic carbocycles. The Bertz CT molecular complexity index is 743. The first-order valence-corrected chi connectivity index (χ1v) is 8.41. The van der Waals surface area contributed by atoms with Crippen LogP contribution in [-0.4, -0.2) is 63.6 Å². The molecule has 0 bridgehead atoms. The van der Waals surface area contributed by atoms with Gasteiger partial charge in [-0.05, 0) is 18.1 Å². The Labute approximate surface area is 147 Å². The molecule has 2 N–H and O–H groups in total. The van der Waals surface area contributed by atoms with E-state index in [1.807, 2.05) is 18.2 Å². The molecule has 2 heterocycles. The van der Waals surface area contributed by atoms with Crippen molar-refractivity contribution >= 4 is 11.8 Å². The summed E-state index contributed by atoms with van der Waals surface area (Å²) in [6, 6.07) is 11.3. The molecule has 2 amide bonds. The number of benzene rings is 1. The summed E-state index contributed by atoms with van der Waals surface area (Å²) in [5.74, 6) is -0.675. The van der Waals surface area contributed by atoms with Crippen molar-refractivity contribution in [2.45, 2.75) is 12.5 Å². The smallest absolute Gasteiger partial charge is 0.272 e. The number of aromatic nitrogens is 2. The predicted molar refractivity (Wildman–Crippen MR) is 93.8 cm³/mol. The van der Waals surface area contributed by atoms with E-state index in [1.165, 1.54) is 10.2 Å². The van der Waals surface area contributed by atoms with Crippen molar-refractivity contribution < 1.29 is 9.59 Å². The van der Waals surface area contributed by atoms with Crippen LogP contribution in [0.25, 0.3) is 0 Å². The minimum absolute atomic E-state index is 0.202.